The van der Waals surface area contributed by atoms with Crippen molar-refractivity contribution in [2.45, 2.75) is 0 Å². The van der Waals surface area contributed by atoms with Gasteiger partial charge >= 0.3 is 0 Å². The minimum atomic E-state index is -0.519. The predicted molar refractivity (Wildman–Crippen MR) is 54.0 cm³/mol. The van der Waals surface area contributed by atoms with E-state index < -0.39 is 11.6 Å². The molecule has 0 atom stereocenters. The second-order valence-electron chi connectivity index (χ2n) is 3.07. The molecule has 0 unspecified atom stereocenters. The molecular formula is C11H8F2N2. The molecule has 2 nitrogen and oxygen atoms in total. The molecule has 0 saturated carbocycles. The lowest BCUT2D eigenvalue weighted by atomic mass is 10.1. The normalized spacial score (nSPS) is 10.3. The van der Waals surface area contributed by atoms with Crippen LogP contribution in [0.2, 0.25) is 0 Å². The molecule has 1 heterocycles. The summed E-state index contributed by atoms with van der Waals surface area (Å²) in [7, 11) is 0. The van der Waals surface area contributed by atoms with Crippen molar-refractivity contribution in [3.05, 3.63) is 48.0 Å². The van der Waals surface area contributed by atoms with Gasteiger partial charge in [0.15, 0.2) is 0 Å². The third-order valence-corrected chi connectivity index (χ3v) is 1.97. The van der Waals surface area contributed by atoms with E-state index in [0.717, 1.165) is 18.2 Å². The molecule has 0 spiro atoms. The lowest BCUT2D eigenvalue weighted by molar-refractivity contribution is 0.602. The van der Waals surface area contributed by atoms with E-state index in [1.807, 2.05) is 0 Å². The van der Waals surface area contributed by atoms with E-state index in [1.54, 1.807) is 18.2 Å². The first-order valence-electron chi connectivity index (χ1n) is 4.35. The van der Waals surface area contributed by atoms with Crippen LogP contribution in [0.25, 0.3) is 11.3 Å². The summed E-state index contributed by atoms with van der Waals surface area (Å²) in [5.74, 6) is -0.749. The van der Waals surface area contributed by atoms with Gasteiger partial charge in [-0.15, -0.1) is 0 Å². The van der Waals surface area contributed by atoms with Gasteiger partial charge in [0.2, 0.25) is 0 Å². The zero-order valence-corrected chi connectivity index (χ0v) is 7.74. The summed E-state index contributed by atoms with van der Waals surface area (Å²) in [6.45, 7) is 0. The molecule has 2 rings (SSSR count). The third kappa shape index (κ3) is 1.93. The van der Waals surface area contributed by atoms with Crippen molar-refractivity contribution in [3.8, 4) is 11.3 Å². The summed E-state index contributed by atoms with van der Waals surface area (Å²) in [4.78, 5) is 3.92. The summed E-state index contributed by atoms with van der Waals surface area (Å²) in [6, 6.07) is 8.02. The van der Waals surface area contributed by atoms with Crippen LogP contribution < -0.4 is 5.73 Å². The molecule has 2 aromatic rings. The molecule has 0 bridgehead atoms. The highest BCUT2D eigenvalue weighted by Crippen LogP contribution is 2.22. The van der Waals surface area contributed by atoms with Crippen LogP contribution in [0.1, 0.15) is 0 Å². The Morgan fingerprint density at radius 1 is 1.07 bits per heavy atom. The number of nitrogen functional groups attached to an aromatic ring is 1. The summed E-state index contributed by atoms with van der Waals surface area (Å²) in [5, 5.41) is 0. The van der Waals surface area contributed by atoms with E-state index in [-0.39, 0.29) is 11.4 Å². The van der Waals surface area contributed by atoms with E-state index in [4.69, 9.17) is 5.73 Å². The fraction of sp³-hybridized carbons (Fsp3) is 0. The fourth-order valence-electron chi connectivity index (χ4n) is 1.30. The van der Waals surface area contributed by atoms with Gasteiger partial charge in [-0.05, 0) is 30.3 Å². The van der Waals surface area contributed by atoms with Crippen molar-refractivity contribution >= 4 is 5.82 Å². The molecule has 0 radical (unpaired) electrons. The van der Waals surface area contributed by atoms with E-state index in [9.17, 15) is 8.78 Å². The first kappa shape index (κ1) is 9.58. The van der Waals surface area contributed by atoms with Crippen LogP contribution in [-0.4, -0.2) is 4.98 Å². The second-order valence-corrected chi connectivity index (χ2v) is 3.07. The molecule has 0 aliphatic heterocycles. The third-order valence-electron chi connectivity index (χ3n) is 1.97. The van der Waals surface area contributed by atoms with Crippen LogP contribution in [0, 0.1) is 11.6 Å². The molecule has 4 heteroatoms. The molecule has 1 aromatic carbocycles. The zero-order chi connectivity index (χ0) is 10.8. The van der Waals surface area contributed by atoms with Crippen LogP contribution in [0.5, 0.6) is 0 Å². The quantitative estimate of drug-likeness (QED) is 0.778. The van der Waals surface area contributed by atoms with Gasteiger partial charge in [0.1, 0.15) is 17.5 Å². The largest absolute Gasteiger partial charge is 0.384 e. The molecule has 15 heavy (non-hydrogen) atoms. The van der Waals surface area contributed by atoms with Gasteiger partial charge in [0.05, 0.1) is 5.69 Å². The number of aromatic nitrogens is 1. The van der Waals surface area contributed by atoms with Crippen molar-refractivity contribution in [1.82, 2.24) is 4.98 Å². The van der Waals surface area contributed by atoms with Gasteiger partial charge in [-0.1, -0.05) is 6.07 Å². The van der Waals surface area contributed by atoms with Crippen LogP contribution >= 0.6 is 0 Å². The molecular weight excluding hydrogens is 198 g/mol. The summed E-state index contributed by atoms with van der Waals surface area (Å²) in [6.07, 6.45) is 0. The van der Waals surface area contributed by atoms with Crippen molar-refractivity contribution in [1.29, 1.82) is 0 Å². The first-order valence-corrected chi connectivity index (χ1v) is 4.35. The Kier molecular flexibility index (Phi) is 2.33. The Morgan fingerprint density at radius 3 is 2.60 bits per heavy atom. The minimum Gasteiger partial charge on any atom is -0.384 e. The zero-order valence-electron chi connectivity index (χ0n) is 7.74. The van der Waals surface area contributed by atoms with Gasteiger partial charge in [0, 0.05) is 5.56 Å². The Labute approximate surface area is 85.4 Å². The monoisotopic (exact) mass is 206 g/mol. The number of rotatable bonds is 1. The van der Waals surface area contributed by atoms with E-state index >= 15 is 0 Å². The molecule has 1 aromatic heterocycles. The standard InChI is InChI=1S/C11H8F2N2/c12-7-4-5-9(13)8(6-7)10-2-1-3-11(14)15-10/h1-6H,(H2,14,15). The van der Waals surface area contributed by atoms with E-state index in [1.165, 1.54) is 0 Å². The number of benzene rings is 1. The predicted octanol–water partition coefficient (Wildman–Crippen LogP) is 2.61. The maximum Gasteiger partial charge on any atom is 0.132 e. The highest BCUT2D eigenvalue weighted by atomic mass is 19.1. The number of anilines is 1. The first-order chi connectivity index (χ1) is 7.16. The lowest BCUT2D eigenvalue weighted by Crippen LogP contribution is -1.93. The minimum absolute atomic E-state index is 0.113. The molecule has 0 aliphatic rings. The number of halogens is 2. The maximum absolute atomic E-state index is 13.3. The molecule has 0 fully saturated rings. The summed E-state index contributed by atoms with van der Waals surface area (Å²) < 4.78 is 26.2. The molecule has 0 aliphatic carbocycles. The van der Waals surface area contributed by atoms with Crippen LogP contribution in [0.4, 0.5) is 14.6 Å². The maximum atomic E-state index is 13.3. The average Bonchev–Trinajstić information content (AvgIpc) is 2.22. The van der Waals surface area contributed by atoms with Gasteiger partial charge in [-0.25, -0.2) is 13.8 Å². The topological polar surface area (TPSA) is 38.9 Å². The summed E-state index contributed by atoms with van der Waals surface area (Å²) >= 11 is 0. The average molecular weight is 206 g/mol. The van der Waals surface area contributed by atoms with Crippen LogP contribution in [0.3, 0.4) is 0 Å². The molecule has 0 saturated heterocycles. The van der Waals surface area contributed by atoms with E-state index in [2.05, 4.69) is 4.98 Å². The Balaban J connectivity index is 2.58. The Bertz CT molecular complexity index is 498. The van der Waals surface area contributed by atoms with Gasteiger partial charge < -0.3 is 5.73 Å². The number of pyridine rings is 1. The van der Waals surface area contributed by atoms with Crippen molar-refractivity contribution in [3.63, 3.8) is 0 Å². The molecule has 2 N–H and O–H groups in total. The Morgan fingerprint density at radius 2 is 1.87 bits per heavy atom. The van der Waals surface area contributed by atoms with Crippen molar-refractivity contribution < 1.29 is 8.78 Å². The second kappa shape index (κ2) is 3.65. The highest BCUT2D eigenvalue weighted by molar-refractivity contribution is 5.61. The van der Waals surface area contributed by atoms with Gasteiger partial charge in [0.25, 0.3) is 0 Å². The summed E-state index contributed by atoms with van der Waals surface area (Å²) in [5.41, 5.74) is 5.90. The van der Waals surface area contributed by atoms with Crippen molar-refractivity contribution in [2.24, 2.45) is 0 Å². The van der Waals surface area contributed by atoms with Crippen molar-refractivity contribution in [2.75, 3.05) is 5.73 Å². The number of nitrogens with two attached hydrogens (primary N) is 1. The smallest absolute Gasteiger partial charge is 0.132 e. The number of hydrogen-bond donors (Lipinski definition) is 1. The Hall–Kier alpha value is -1.97. The molecule has 76 valence electrons. The number of nitrogens with zero attached hydrogens (tertiary/aromatic N) is 1. The van der Waals surface area contributed by atoms with Crippen LogP contribution in [0.15, 0.2) is 36.4 Å². The van der Waals surface area contributed by atoms with Gasteiger partial charge in [-0.2, -0.15) is 0 Å². The SMILES string of the molecule is Nc1cccc(-c2cc(F)ccc2F)n1. The lowest BCUT2D eigenvalue weighted by Gasteiger charge is -2.03. The number of hydrogen-bond acceptors (Lipinski definition) is 2. The highest BCUT2D eigenvalue weighted by Gasteiger charge is 2.07. The molecule has 0 amide bonds. The fourth-order valence-corrected chi connectivity index (χ4v) is 1.30. The van der Waals surface area contributed by atoms with Crippen LogP contribution in [-0.2, 0) is 0 Å². The van der Waals surface area contributed by atoms with E-state index in [0.29, 0.717) is 5.69 Å². The van der Waals surface area contributed by atoms with Gasteiger partial charge in [-0.3, -0.25) is 0 Å².